The molecule has 2 fully saturated rings. The molecule has 1 aromatic heterocycles. The summed E-state index contributed by atoms with van der Waals surface area (Å²) in [5, 5.41) is 15.2. The lowest BCUT2D eigenvalue weighted by molar-refractivity contribution is -0.118. The molecular formula is C20H25N5O. The van der Waals surface area contributed by atoms with Crippen LogP contribution in [0.1, 0.15) is 46.6 Å². The Labute approximate surface area is 153 Å². The van der Waals surface area contributed by atoms with Crippen molar-refractivity contribution in [2.45, 2.75) is 46.6 Å². The number of rotatable bonds is 5. The van der Waals surface area contributed by atoms with Gasteiger partial charge in [0.15, 0.2) is 5.82 Å². The molecule has 0 spiro atoms. The standard InChI is InChI=1S/C20H25N5O/c1-12(2)10-16-17(20(16,3)4)19(26)21-14-7-5-6-13(11-14)18-22-23-24-25(18)15-8-9-15/h5-7,10-11,15-17H,8-9H2,1-4H3,(H,21,26)/t16-,17-/m0/s1. The molecule has 0 aliphatic heterocycles. The molecule has 2 aliphatic rings. The molecule has 0 saturated heterocycles. The molecule has 6 nitrogen and oxygen atoms in total. The maximum absolute atomic E-state index is 12.8. The predicted molar refractivity (Wildman–Crippen MR) is 100 cm³/mol. The van der Waals surface area contributed by atoms with Crippen molar-refractivity contribution in [2.75, 3.05) is 5.32 Å². The van der Waals surface area contributed by atoms with E-state index in [9.17, 15) is 4.79 Å². The van der Waals surface area contributed by atoms with E-state index in [0.717, 1.165) is 29.9 Å². The van der Waals surface area contributed by atoms with Crippen LogP contribution in [-0.4, -0.2) is 26.1 Å². The molecule has 2 aromatic rings. The minimum Gasteiger partial charge on any atom is -0.326 e. The van der Waals surface area contributed by atoms with Crippen LogP contribution in [0.3, 0.4) is 0 Å². The molecule has 2 atom stereocenters. The zero-order valence-corrected chi connectivity index (χ0v) is 15.7. The normalized spacial score (nSPS) is 23.4. The quantitative estimate of drug-likeness (QED) is 0.831. The highest BCUT2D eigenvalue weighted by Crippen LogP contribution is 2.59. The first kappa shape index (κ1) is 16.9. The number of allylic oxidation sites excluding steroid dienone is 2. The Balaban J connectivity index is 1.52. The molecule has 1 amide bonds. The van der Waals surface area contributed by atoms with Crippen molar-refractivity contribution < 1.29 is 4.79 Å². The first-order valence-electron chi connectivity index (χ1n) is 9.22. The lowest BCUT2D eigenvalue weighted by Crippen LogP contribution is -2.16. The molecule has 0 unspecified atom stereocenters. The molecule has 2 aliphatic carbocycles. The summed E-state index contributed by atoms with van der Waals surface area (Å²) < 4.78 is 1.88. The van der Waals surface area contributed by atoms with Crippen LogP contribution in [0.25, 0.3) is 11.4 Å². The number of nitrogens with one attached hydrogen (secondary N) is 1. The van der Waals surface area contributed by atoms with E-state index < -0.39 is 0 Å². The number of amides is 1. The smallest absolute Gasteiger partial charge is 0.228 e. The summed E-state index contributed by atoms with van der Waals surface area (Å²) in [6.07, 6.45) is 4.46. The molecule has 2 saturated carbocycles. The molecule has 0 radical (unpaired) electrons. The second kappa shape index (κ2) is 6.04. The van der Waals surface area contributed by atoms with Gasteiger partial charge in [-0.15, -0.1) is 5.10 Å². The van der Waals surface area contributed by atoms with Crippen molar-refractivity contribution in [1.29, 1.82) is 0 Å². The first-order chi connectivity index (χ1) is 12.4. The van der Waals surface area contributed by atoms with Gasteiger partial charge in [0.05, 0.1) is 12.0 Å². The van der Waals surface area contributed by atoms with Crippen LogP contribution in [0.4, 0.5) is 5.69 Å². The number of nitrogens with zero attached hydrogens (tertiary/aromatic N) is 4. The van der Waals surface area contributed by atoms with Crippen molar-refractivity contribution in [2.24, 2.45) is 17.3 Å². The van der Waals surface area contributed by atoms with Crippen LogP contribution in [0.15, 0.2) is 35.9 Å². The SMILES string of the molecule is CC(C)=C[C@H]1[C@@H](C(=O)Nc2cccc(-c3nnnn3C3CC3)c2)C1(C)C. The van der Waals surface area contributed by atoms with Gasteiger partial charge in [0, 0.05) is 11.3 Å². The van der Waals surface area contributed by atoms with Crippen LogP contribution in [-0.2, 0) is 4.79 Å². The Morgan fingerprint density at radius 1 is 1.31 bits per heavy atom. The fraction of sp³-hybridized carbons (Fsp3) is 0.500. The number of tetrazole rings is 1. The summed E-state index contributed by atoms with van der Waals surface area (Å²) >= 11 is 0. The van der Waals surface area contributed by atoms with Gasteiger partial charge in [0.2, 0.25) is 5.91 Å². The number of hydrogen-bond donors (Lipinski definition) is 1. The van der Waals surface area contributed by atoms with E-state index in [1.54, 1.807) is 0 Å². The Morgan fingerprint density at radius 3 is 2.77 bits per heavy atom. The van der Waals surface area contributed by atoms with Crippen LogP contribution in [0.5, 0.6) is 0 Å². The van der Waals surface area contributed by atoms with Gasteiger partial charge in [0.1, 0.15) is 0 Å². The maximum Gasteiger partial charge on any atom is 0.228 e. The van der Waals surface area contributed by atoms with Gasteiger partial charge in [-0.2, -0.15) is 0 Å². The van der Waals surface area contributed by atoms with Gasteiger partial charge < -0.3 is 5.32 Å². The average molecular weight is 351 g/mol. The second-order valence-corrected chi connectivity index (χ2v) is 8.32. The van der Waals surface area contributed by atoms with Crippen LogP contribution in [0.2, 0.25) is 0 Å². The van der Waals surface area contributed by atoms with Crippen molar-refractivity contribution >= 4 is 11.6 Å². The summed E-state index contributed by atoms with van der Waals surface area (Å²) in [6, 6.07) is 8.19. The fourth-order valence-electron chi connectivity index (χ4n) is 3.75. The summed E-state index contributed by atoms with van der Waals surface area (Å²) in [5.41, 5.74) is 2.98. The first-order valence-corrected chi connectivity index (χ1v) is 9.22. The van der Waals surface area contributed by atoms with Crippen molar-refractivity contribution in [3.8, 4) is 11.4 Å². The number of carbonyl (C=O) groups excluding carboxylic acids is 1. The Morgan fingerprint density at radius 2 is 2.08 bits per heavy atom. The van der Waals surface area contributed by atoms with Gasteiger partial charge in [-0.25, -0.2) is 4.68 Å². The second-order valence-electron chi connectivity index (χ2n) is 8.32. The highest BCUT2D eigenvalue weighted by atomic mass is 16.2. The van der Waals surface area contributed by atoms with E-state index in [1.165, 1.54) is 5.57 Å². The minimum atomic E-state index is 0.00896. The molecule has 26 heavy (non-hydrogen) atoms. The molecule has 4 rings (SSSR count). The molecule has 1 aromatic carbocycles. The molecule has 1 heterocycles. The zero-order chi connectivity index (χ0) is 18.5. The number of aromatic nitrogens is 4. The Kier molecular flexibility index (Phi) is 3.93. The maximum atomic E-state index is 12.8. The van der Waals surface area contributed by atoms with E-state index in [4.69, 9.17) is 0 Å². The lowest BCUT2D eigenvalue weighted by Gasteiger charge is -2.08. The minimum absolute atomic E-state index is 0.00896. The topological polar surface area (TPSA) is 72.7 Å². The third kappa shape index (κ3) is 3.04. The number of anilines is 1. The molecule has 0 bridgehead atoms. The summed E-state index contributed by atoms with van der Waals surface area (Å²) in [4.78, 5) is 12.8. The lowest BCUT2D eigenvalue weighted by atomic mass is 10.1. The van der Waals surface area contributed by atoms with Crippen molar-refractivity contribution in [3.05, 3.63) is 35.9 Å². The largest absolute Gasteiger partial charge is 0.326 e. The molecule has 1 N–H and O–H groups in total. The molecule has 6 heteroatoms. The van der Waals surface area contributed by atoms with Gasteiger partial charge >= 0.3 is 0 Å². The molecule has 136 valence electrons. The van der Waals surface area contributed by atoms with Gasteiger partial charge in [0.25, 0.3) is 0 Å². The molecular weight excluding hydrogens is 326 g/mol. The van der Waals surface area contributed by atoms with Gasteiger partial charge in [-0.3, -0.25) is 4.79 Å². The van der Waals surface area contributed by atoms with Gasteiger partial charge in [-0.05, 0) is 60.6 Å². The van der Waals surface area contributed by atoms with E-state index in [-0.39, 0.29) is 17.2 Å². The summed E-state index contributed by atoms with van der Waals surface area (Å²) in [7, 11) is 0. The number of carbonyl (C=O) groups is 1. The Hall–Kier alpha value is -2.50. The van der Waals surface area contributed by atoms with Crippen molar-refractivity contribution in [1.82, 2.24) is 20.2 Å². The highest BCUT2D eigenvalue weighted by Gasteiger charge is 2.60. The van der Waals surface area contributed by atoms with Crippen LogP contribution >= 0.6 is 0 Å². The van der Waals surface area contributed by atoms with Crippen molar-refractivity contribution in [3.63, 3.8) is 0 Å². The number of benzene rings is 1. The fourth-order valence-corrected chi connectivity index (χ4v) is 3.75. The average Bonchev–Trinajstić information content (AvgIpc) is 3.43. The third-order valence-electron chi connectivity index (χ3n) is 5.48. The number of hydrogen-bond acceptors (Lipinski definition) is 4. The predicted octanol–water partition coefficient (Wildman–Crippen LogP) is 3.85. The van der Waals surface area contributed by atoms with Gasteiger partial charge in [-0.1, -0.05) is 37.6 Å². The van der Waals surface area contributed by atoms with E-state index >= 15 is 0 Å². The van der Waals surface area contributed by atoms with E-state index in [1.807, 2.05) is 28.9 Å². The third-order valence-corrected chi connectivity index (χ3v) is 5.48. The van der Waals surface area contributed by atoms with E-state index in [2.05, 4.69) is 54.6 Å². The van der Waals surface area contributed by atoms with E-state index in [0.29, 0.717) is 12.0 Å². The Bertz CT molecular complexity index is 874. The van der Waals surface area contributed by atoms with Crippen LogP contribution < -0.4 is 5.32 Å². The van der Waals surface area contributed by atoms with Crippen LogP contribution in [0, 0.1) is 17.3 Å². The summed E-state index contributed by atoms with van der Waals surface area (Å²) in [5.74, 6) is 1.16. The highest BCUT2D eigenvalue weighted by molar-refractivity contribution is 5.96. The monoisotopic (exact) mass is 351 g/mol. The summed E-state index contributed by atoms with van der Waals surface area (Å²) in [6.45, 7) is 8.47. The zero-order valence-electron chi connectivity index (χ0n) is 15.7.